The first-order valence-corrected chi connectivity index (χ1v) is 9.39. The Hall–Kier alpha value is -1.71. The lowest BCUT2D eigenvalue weighted by atomic mass is 9.92. The molecule has 0 bridgehead atoms. The summed E-state index contributed by atoms with van der Waals surface area (Å²) in [4.78, 5) is 2.37. The minimum absolute atomic E-state index is 0.0545. The summed E-state index contributed by atoms with van der Waals surface area (Å²) >= 11 is 0. The quantitative estimate of drug-likeness (QED) is 0.896. The van der Waals surface area contributed by atoms with Gasteiger partial charge in [0.25, 0.3) is 0 Å². The second kappa shape index (κ2) is 5.39. The van der Waals surface area contributed by atoms with E-state index in [1.807, 2.05) is 13.0 Å². The van der Waals surface area contributed by atoms with Crippen molar-refractivity contribution in [3.8, 4) is 11.1 Å². The molecule has 1 unspecified atom stereocenters. The smallest absolute Gasteiger partial charge is 0.127 e. The molecular formula is C22H24FNO. The Morgan fingerprint density at radius 2 is 1.68 bits per heavy atom. The van der Waals surface area contributed by atoms with E-state index >= 15 is 0 Å². The second-order valence-electron chi connectivity index (χ2n) is 8.38. The fourth-order valence-corrected chi connectivity index (χ4v) is 4.64. The third-order valence-corrected chi connectivity index (χ3v) is 6.07. The average molecular weight is 337 g/mol. The maximum Gasteiger partial charge on any atom is 0.127 e. The van der Waals surface area contributed by atoms with Crippen LogP contribution in [0.1, 0.15) is 54.8 Å². The van der Waals surface area contributed by atoms with E-state index in [1.165, 1.54) is 11.1 Å². The van der Waals surface area contributed by atoms with Gasteiger partial charge in [-0.15, -0.1) is 0 Å². The van der Waals surface area contributed by atoms with Gasteiger partial charge in [0.2, 0.25) is 0 Å². The van der Waals surface area contributed by atoms with Gasteiger partial charge in [-0.05, 0) is 72.4 Å². The zero-order chi connectivity index (χ0) is 17.2. The van der Waals surface area contributed by atoms with Crippen molar-refractivity contribution in [1.29, 1.82) is 0 Å². The molecule has 2 aromatic rings. The molecule has 25 heavy (non-hydrogen) atoms. The number of benzene rings is 2. The van der Waals surface area contributed by atoms with E-state index in [0.29, 0.717) is 12.0 Å². The maximum absolute atomic E-state index is 14.4. The minimum atomic E-state index is -0.524. The molecular weight excluding hydrogens is 313 g/mol. The highest BCUT2D eigenvalue weighted by Gasteiger charge is 2.42. The molecule has 3 aliphatic rings. The molecule has 0 spiro atoms. The fourth-order valence-electron chi connectivity index (χ4n) is 4.64. The van der Waals surface area contributed by atoms with Gasteiger partial charge in [-0.3, -0.25) is 4.90 Å². The van der Waals surface area contributed by atoms with E-state index in [0.717, 1.165) is 55.5 Å². The van der Waals surface area contributed by atoms with E-state index in [2.05, 4.69) is 29.2 Å². The van der Waals surface area contributed by atoms with Crippen LogP contribution in [-0.2, 0) is 6.42 Å². The highest BCUT2D eigenvalue weighted by atomic mass is 19.1. The van der Waals surface area contributed by atoms with Gasteiger partial charge in [0.1, 0.15) is 5.82 Å². The maximum atomic E-state index is 14.4. The van der Waals surface area contributed by atoms with Crippen molar-refractivity contribution in [1.82, 2.24) is 4.90 Å². The van der Waals surface area contributed by atoms with Gasteiger partial charge < -0.3 is 5.11 Å². The highest BCUT2D eigenvalue weighted by molar-refractivity contribution is 5.66. The molecule has 3 heteroatoms. The number of hydrogen-bond acceptors (Lipinski definition) is 2. The van der Waals surface area contributed by atoms with E-state index in [1.54, 1.807) is 6.07 Å². The highest BCUT2D eigenvalue weighted by Crippen LogP contribution is 2.43. The van der Waals surface area contributed by atoms with Crippen LogP contribution in [0.5, 0.6) is 0 Å². The van der Waals surface area contributed by atoms with E-state index in [-0.39, 0.29) is 5.82 Å². The molecule has 2 aliphatic carbocycles. The van der Waals surface area contributed by atoms with Crippen molar-refractivity contribution in [3.63, 3.8) is 0 Å². The first-order valence-electron chi connectivity index (χ1n) is 9.39. The molecule has 1 saturated heterocycles. The average Bonchev–Trinajstić information content (AvgIpc) is 3.31. The summed E-state index contributed by atoms with van der Waals surface area (Å²) in [5.74, 6) is 0.393. The Kier molecular flexibility index (Phi) is 3.35. The SMILES string of the molecule is CC1(O)CN(C2CCc3cc(-c4ccc(C5CC5)c(F)c4)ccc32)C1. The predicted molar refractivity (Wildman–Crippen MR) is 97.1 cm³/mol. The number of β-amino-alcohol motifs (C(OH)–C–C–N with tert-alkyl or cyclic N) is 1. The van der Waals surface area contributed by atoms with Crippen LogP contribution in [0.2, 0.25) is 0 Å². The van der Waals surface area contributed by atoms with Crippen LogP contribution >= 0.6 is 0 Å². The molecule has 2 fully saturated rings. The van der Waals surface area contributed by atoms with Gasteiger partial charge in [0.15, 0.2) is 0 Å². The number of fused-ring (bicyclic) bond motifs is 1. The van der Waals surface area contributed by atoms with Crippen molar-refractivity contribution >= 4 is 0 Å². The Balaban J connectivity index is 1.41. The number of halogens is 1. The third kappa shape index (κ3) is 2.70. The molecule has 2 nitrogen and oxygen atoms in total. The number of likely N-dealkylation sites (tertiary alicyclic amines) is 1. The minimum Gasteiger partial charge on any atom is -0.388 e. The zero-order valence-corrected chi connectivity index (χ0v) is 14.6. The Morgan fingerprint density at radius 1 is 1.00 bits per heavy atom. The Bertz CT molecular complexity index is 832. The molecule has 0 aromatic heterocycles. The van der Waals surface area contributed by atoms with E-state index in [9.17, 15) is 9.50 Å². The molecule has 1 saturated carbocycles. The lowest BCUT2D eigenvalue weighted by Crippen LogP contribution is -2.60. The number of aliphatic hydroxyl groups is 1. The topological polar surface area (TPSA) is 23.5 Å². The Morgan fingerprint density at radius 3 is 2.32 bits per heavy atom. The van der Waals surface area contributed by atoms with Crippen LogP contribution in [0.3, 0.4) is 0 Å². The summed E-state index contributed by atoms with van der Waals surface area (Å²) in [7, 11) is 0. The van der Waals surface area contributed by atoms with Crippen LogP contribution in [0, 0.1) is 5.82 Å². The summed E-state index contributed by atoms with van der Waals surface area (Å²) in [6.45, 7) is 3.42. The molecule has 2 aromatic carbocycles. The van der Waals surface area contributed by atoms with Gasteiger partial charge >= 0.3 is 0 Å². The van der Waals surface area contributed by atoms with Gasteiger partial charge in [0.05, 0.1) is 5.60 Å². The lowest BCUT2D eigenvalue weighted by molar-refractivity contribution is -0.103. The van der Waals surface area contributed by atoms with Gasteiger partial charge in [-0.2, -0.15) is 0 Å². The monoisotopic (exact) mass is 337 g/mol. The molecule has 1 aliphatic heterocycles. The zero-order valence-electron chi connectivity index (χ0n) is 14.6. The third-order valence-electron chi connectivity index (χ3n) is 6.07. The normalized spacial score (nSPS) is 24.8. The first-order chi connectivity index (χ1) is 12.0. The van der Waals surface area contributed by atoms with Crippen LogP contribution in [-0.4, -0.2) is 28.7 Å². The van der Waals surface area contributed by atoms with Crippen molar-refractivity contribution in [2.45, 2.75) is 50.2 Å². The molecule has 5 rings (SSSR count). The molecule has 1 atom stereocenters. The largest absolute Gasteiger partial charge is 0.388 e. The molecule has 130 valence electrons. The van der Waals surface area contributed by atoms with Crippen molar-refractivity contribution < 1.29 is 9.50 Å². The number of rotatable bonds is 3. The fraction of sp³-hybridized carbons (Fsp3) is 0.455. The summed E-state index contributed by atoms with van der Waals surface area (Å²) in [6.07, 6.45) is 4.43. The van der Waals surface area contributed by atoms with Crippen LogP contribution in [0.25, 0.3) is 11.1 Å². The van der Waals surface area contributed by atoms with Crippen molar-refractivity contribution in [2.24, 2.45) is 0 Å². The molecule has 1 heterocycles. The summed E-state index contributed by atoms with van der Waals surface area (Å²) in [5, 5.41) is 10.00. The van der Waals surface area contributed by atoms with Crippen molar-refractivity contribution in [2.75, 3.05) is 13.1 Å². The summed E-state index contributed by atoms with van der Waals surface area (Å²) in [5.41, 5.74) is 5.20. The van der Waals surface area contributed by atoms with Crippen molar-refractivity contribution in [3.05, 3.63) is 58.9 Å². The second-order valence-corrected chi connectivity index (χ2v) is 8.38. The molecule has 1 N–H and O–H groups in total. The summed E-state index contributed by atoms with van der Waals surface area (Å²) in [6, 6.07) is 12.7. The van der Waals surface area contributed by atoms with Crippen LogP contribution < -0.4 is 0 Å². The lowest BCUT2D eigenvalue weighted by Gasteiger charge is -2.47. The van der Waals surface area contributed by atoms with Gasteiger partial charge in [0, 0.05) is 19.1 Å². The predicted octanol–water partition coefficient (Wildman–Crippen LogP) is 4.42. The van der Waals surface area contributed by atoms with E-state index < -0.39 is 5.60 Å². The van der Waals surface area contributed by atoms with Gasteiger partial charge in [-0.25, -0.2) is 4.39 Å². The number of aryl methyl sites for hydroxylation is 1. The summed E-state index contributed by atoms with van der Waals surface area (Å²) < 4.78 is 14.4. The Labute approximate surface area is 148 Å². The molecule has 0 radical (unpaired) electrons. The number of hydrogen-bond donors (Lipinski definition) is 1. The molecule has 0 amide bonds. The van der Waals surface area contributed by atoms with Crippen LogP contribution in [0.4, 0.5) is 4.39 Å². The first kappa shape index (κ1) is 15.5. The van der Waals surface area contributed by atoms with E-state index in [4.69, 9.17) is 0 Å². The van der Waals surface area contributed by atoms with Crippen LogP contribution in [0.15, 0.2) is 36.4 Å². The van der Waals surface area contributed by atoms with Gasteiger partial charge in [-0.1, -0.05) is 30.3 Å². The number of nitrogens with zero attached hydrogens (tertiary/aromatic N) is 1. The standard InChI is InChI=1S/C22H24FNO/c1-22(25)12-24(13-22)21-9-6-17-10-15(5-8-19(17)21)16-4-7-18(14-2-3-14)20(23)11-16/h4-5,7-8,10-11,14,21,25H,2-3,6,9,12-13H2,1H3.